The summed E-state index contributed by atoms with van der Waals surface area (Å²) in [4.78, 5) is 36.9. The Morgan fingerprint density at radius 1 is 1.19 bits per heavy atom. The van der Waals surface area contributed by atoms with Gasteiger partial charge in [0.25, 0.3) is 5.91 Å². The largest absolute Gasteiger partial charge is 0.762 e. The zero-order chi connectivity index (χ0) is 19.7. The van der Waals surface area contributed by atoms with Crippen molar-refractivity contribution >= 4 is 23.3 Å². The van der Waals surface area contributed by atoms with Gasteiger partial charge in [0.1, 0.15) is 6.04 Å². The summed E-state index contributed by atoms with van der Waals surface area (Å²) in [5.74, 6) is -3.04. The molecule has 1 aliphatic rings. The second-order valence-corrected chi connectivity index (χ2v) is 6.23. The predicted octanol–water partition coefficient (Wildman–Crippen LogP) is 2.28. The normalized spacial score (nSPS) is 16.6. The van der Waals surface area contributed by atoms with Gasteiger partial charge in [0.15, 0.2) is 6.10 Å². The van der Waals surface area contributed by atoms with Crippen LogP contribution < -0.4 is 5.32 Å². The van der Waals surface area contributed by atoms with Gasteiger partial charge in [0.05, 0.1) is 5.56 Å². The molecule has 0 saturated heterocycles. The maximum absolute atomic E-state index is 12.6. The molecule has 0 saturated carbocycles. The maximum Gasteiger partial charge on any atom is 0.339 e. The number of esters is 1. The van der Waals surface area contributed by atoms with Gasteiger partial charge >= 0.3 is 5.97 Å². The first-order valence-corrected chi connectivity index (χ1v) is 8.18. The lowest BCUT2D eigenvalue weighted by Crippen LogP contribution is -2.45. The van der Waals surface area contributed by atoms with Crippen LogP contribution in [0.4, 0.5) is 5.69 Å². The summed E-state index contributed by atoms with van der Waals surface area (Å²) in [5.41, 5.74) is 2.51. The molecule has 8 nitrogen and oxygen atoms in total. The van der Waals surface area contributed by atoms with Gasteiger partial charge in [-0.25, -0.2) is 4.79 Å². The Hall–Kier alpha value is -3.07. The highest BCUT2D eigenvalue weighted by atomic mass is 16.8. The second kappa shape index (κ2) is 7.28. The van der Waals surface area contributed by atoms with E-state index in [2.05, 4.69) is 5.32 Å². The molecule has 0 spiro atoms. The number of hydrogen-bond acceptors (Lipinski definition) is 7. The number of benzene rings is 2. The number of hydrogen-bond donors (Lipinski definition) is 2. The smallest absolute Gasteiger partial charge is 0.339 e. The number of ether oxygens (including phenoxy) is 1. The highest BCUT2D eigenvalue weighted by Crippen LogP contribution is 2.35. The molecule has 1 aliphatic heterocycles. The number of carbonyl (C=O) groups is 3. The van der Waals surface area contributed by atoms with Crippen LogP contribution in [0.3, 0.4) is 0 Å². The summed E-state index contributed by atoms with van der Waals surface area (Å²) in [7, 11) is 0. The van der Waals surface area contributed by atoms with Crippen molar-refractivity contribution < 1.29 is 24.3 Å². The molecule has 0 aliphatic carbocycles. The number of Topliss-reactive ketones (excluding diaryl/α,β-unsaturated/α-hetero) is 1. The lowest BCUT2D eigenvalue weighted by molar-refractivity contribution is -0.156. The van der Waals surface area contributed by atoms with E-state index in [0.717, 1.165) is 11.1 Å². The topological polar surface area (TPSA) is 119 Å². The van der Waals surface area contributed by atoms with Crippen molar-refractivity contribution in [2.45, 2.75) is 26.0 Å². The number of aryl methyl sites for hydroxylation is 1. The van der Waals surface area contributed by atoms with Gasteiger partial charge < -0.3 is 20.5 Å². The van der Waals surface area contributed by atoms with Crippen molar-refractivity contribution in [3.8, 4) is 0 Å². The van der Waals surface area contributed by atoms with Gasteiger partial charge in [-0.05, 0) is 37.1 Å². The fourth-order valence-electron chi connectivity index (χ4n) is 2.97. The standard InChI is InChI=1S/C19H17N2O6/c1-10-6-5-9-14(11(10)2)20-18(23)16(22)15(21(25)26)17-12-7-3-4-8-13(12)19(24)27-17/h3-9,15,17,25H,1-2H3,(H,20,23)/q-1. The quantitative estimate of drug-likeness (QED) is 0.471. The molecule has 1 amide bonds. The summed E-state index contributed by atoms with van der Waals surface area (Å²) in [5, 5.41) is 22.9. The first-order valence-electron chi connectivity index (χ1n) is 8.18. The van der Waals surface area contributed by atoms with Crippen LogP contribution in [0.25, 0.3) is 0 Å². The van der Waals surface area contributed by atoms with E-state index in [-0.39, 0.29) is 11.1 Å². The predicted molar refractivity (Wildman–Crippen MR) is 94.9 cm³/mol. The Labute approximate surface area is 154 Å². The van der Waals surface area contributed by atoms with E-state index in [1.54, 1.807) is 31.2 Å². The second-order valence-electron chi connectivity index (χ2n) is 6.23. The lowest BCUT2D eigenvalue weighted by Gasteiger charge is -2.32. The SMILES string of the molecule is Cc1cccc(NC(=O)C(=O)C(C2OC(=O)c3ccccc32)N([O-])O)c1C. The van der Waals surface area contributed by atoms with Crippen LogP contribution in [0.2, 0.25) is 0 Å². The van der Waals surface area contributed by atoms with Crippen LogP contribution in [0.1, 0.15) is 33.2 Å². The third-order valence-electron chi connectivity index (χ3n) is 4.59. The van der Waals surface area contributed by atoms with Crippen LogP contribution >= 0.6 is 0 Å². The Bertz CT molecular complexity index is 924. The molecule has 2 atom stereocenters. The van der Waals surface area contributed by atoms with Crippen LogP contribution in [-0.2, 0) is 14.3 Å². The molecule has 0 radical (unpaired) electrons. The average Bonchev–Trinajstić information content (AvgIpc) is 2.95. The monoisotopic (exact) mass is 369 g/mol. The van der Waals surface area contributed by atoms with Gasteiger partial charge in [-0.2, -0.15) is 0 Å². The summed E-state index contributed by atoms with van der Waals surface area (Å²) < 4.78 is 5.08. The van der Waals surface area contributed by atoms with E-state index in [0.29, 0.717) is 5.69 Å². The molecule has 0 bridgehead atoms. The number of nitrogens with zero attached hydrogens (tertiary/aromatic N) is 1. The molecule has 0 fully saturated rings. The Kier molecular flexibility index (Phi) is 5.04. The van der Waals surface area contributed by atoms with Crippen molar-refractivity contribution in [2.75, 3.05) is 5.32 Å². The van der Waals surface area contributed by atoms with E-state index < -0.39 is 35.0 Å². The molecule has 2 unspecified atom stereocenters. The molecule has 3 rings (SSSR count). The maximum atomic E-state index is 12.6. The zero-order valence-electron chi connectivity index (χ0n) is 14.6. The van der Waals surface area contributed by atoms with Crippen LogP contribution in [0, 0.1) is 19.1 Å². The number of anilines is 1. The fourth-order valence-corrected chi connectivity index (χ4v) is 2.97. The van der Waals surface area contributed by atoms with Crippen molar-refractivity contribution in [1.29, 1.82) is 0 Å². The van der Waals surface area contributed by atoms with Gasteiger partial charge in [0.2, 0.25) is 5.78 Å². The Balaban J connectivity index is 1.87. The summed E-state index contributed by atoms with van der Waals surface area (Å²) in [6.45, 7) is 3.62. The zero-order valence-corrected chi connectivity index (χ0v) is 14.6. The Morgan fingerprint density at radius 3 is 2.59 bits per heavy atom. The van der Waals surface area contributed by atoms with E-state index in [4.69, 9.17) is 4.74 Å². The molecular formula is C19H17N2O6-. The van der Waals surface area contributed by atoms with Crippen LogP contribution in [0.5, 0.6) is 0 Å². The highest BCUT2D eigenvalue weighted by Gasteiger charge is 2.43. The first kappa shape index (κ1) is 18.7. The van der Waals surface area contributed by atoms with E-state index in [1.807, 2.05) is 13.0 Å². The molecule has 2 aromatic rings. The van der Waals surface area contributed by atoms with Crippen LogP contribution in [-0.4, -0.2) is 34.1 Å². The number of carbonyl (C=O) groups excluding carboxylic acids is 3. The average molecular weight is 369 g/mol. The van der Waals surface area contributed by atoms with E-state index in [1.165, 1.54) is 12.1 Å². The summed E-state index contributed by atoms with van der Waals surface area (Å²) in [6, 6.07) is 9.42. The van der Waals surface area contributed by atoms with Gasteiger partial charge in [-0.1, -0.05) is 30.3 Å². The van der Waals surface area contributed by atoms with E-state index in [9.17, 15) is 24.8 Å². The van der Waals surface area contributed by atoms with Crippen molar-refractivity contribution in [2.24, 2.45) is 0 Å². The minimum atomic E-state index is -1.91. The number of nitrogens with one attached hydrogen (secondary N) is 1. The number of fused-ring (bicyclic) bond motifs is 1. The lowest BCUT2D eigenvalue weighted by atomic mass is 9.97. The Morgan fingerprint density at radius 2 is 1.89 bits per heavy atom. The molecule has 140 valence electrons. The molecule has 2 N–H and O–H groups in total. The number of rotatable bonds is 5. The van der Waals surface area contributed by atoms with Gasteiger partial charge in [0, 0.05) is 11.3 Å². The van der Waals surface area contributed by atoms with Gasteiger partial charge in [-0.15, -0.1) is 0 Å². The van der Waals surface area contributed by atoms with Crippen molar-refractivity contribution in [3.05, 3.63) is 69.9 Å². The molecule has 0 aromatic heterocycles. The third-order valence-corrected chi connectivity index (χ3v) is 4.59. The third kappa shape index (κ3) is 3.45. The van der Waals surface area contributed by atoms with E-state index >= 15 is 0 Å². The molecule has 2 aromatic carbocycles. The minimum absolute atomic E-state index is 0.178. The fraction of sp³-hybridized carbons (Fsp3) is 0.211. The molecular weight excluding hydrogens is 352 g/mol. The number of cyclic esters (lactones) is 1. The number of hydroxylamine groups is 2. The number of amides is 1. The van der Waals surface area contributed by atoms with Crippen LogP contribution in [0.15, 0.2) is 42.5 Å². The molecule has 8 heteroatoms. The van der Waals surface area contributed by atoms with Crippen molar-refractivity contribution in [3.63, 3.8) is 0 Å². The molecule has 27 heavy (non-hydrogen) atoms. The van der Waals surface area contributed by atoms with Crippen molar-refractivity contribution in [1.82, 2.24) is 5.23 Å². The summed E-state index contributed by atoms with van der Waals surface area (Å²) in [6.07, 6.45) is -1.38. The first-order chi connectivity index (χ1) is 12.8. The number of ketones is 1. The minimum Gasteiger partial charge on any atom is -0.762 e. The van der Waals surface area contributed by atoms with Gasteiger partial charge in [-0.3, -0.25) is 14.8 Å². The molecule has 1 heterocycles. The highest BCUT2D eigenvalue weighted by molar-refractivity contribution is 6.42. The summed E-state index contributed by atoms with van der Waals surface area (Å²) >= 11 is 0.